The lowest BCUT2D eigenvalue weighted by atomic mass is 9.98. The second-order valence-electron chi connectivity index (χ2n) is 6.78. The maximum Gasteiger partial charge on any atom is 0.0267 e. The molecule has 1 atom stereocenters. The Labute approximate surface area is 121 Å². The summed E-state index contributed by atoms with van der Waals surface area (Å²) in [6, 6.07) is 0.468. The van der Waals surface area contributed by atoms with Crippen LogP contribution in [0.2, 0.25) is 0 Å². The van der Waals surface area contributed by atoms with Gasteiger partial charge in [0, 0.05) is 17.1 Å². The van der Waals surface area contributed by atoms with Gasteiger partial charge >= 0.3 is 0 Å². The van der Waals surface area contributed by atoms with E-state index in [1.54, 1.807) is 0 Å². The summed E-state index contributed by atoms with van der Waals surface area (Å²) in [5.74, 6) is 0. The van der Waals surface area contributed by atoms with Gasteiger partial charge < -0.3 is 10.6 Å². The highest BCUT2D eigenvalue weighted by atomic mass is 15.0. The number of nitrogens with one attached hydrogen (secondary N) is 2. The Balaban J connectivity index is 4.33. The first-order valence-electron chi connectivity index (χ1n) is 7.95. The summed E-state index contributed by atoms with van der Waals surface area (Å²) in [5, 5.41) is 7.40. The molecular formula is C17H36N2. The summed E-state index contributed by atoms with van der Waals surface area (Å²) in [6.07, 6.45) is 9.17. The zero-order valence-electron chi connectivity index (χ0n) is 14.3. The molecule has 0 heterocycles. The number of rotatable bonds is 10. The van der Waals surface area contributed by atoms with Crippen LogP contribution in [0.5, 0.6) is 0 Å². The van der Waals surface area contributed by atoms with Crippen LogP contribution >= 0.6 is 0 Å². The largest absolute Gasteiger partial charge is 0.312 e. The third kappa shape index (κ3) is 9.23. The average Bonchev–Trinajstić information content (AvgIpc) is 2.35. The highest BCUT2D eigenvalue weighted by molar-refractivity contribution is 4.96. The van der Waals surface area contributed by atoms with Gasteiger partial charge in [-0.3, -0.25) is 0 Å². The van der Waals surface area contributed by atoms with E-state index in [0.717, 1.165) is 32.2 Å². The highest BCUT2D eigenvalue weighted by Crippen LogP contribution is 2.12. The Morgan fingerprint density at radius 3 is 2.00 bits per heavy atom. The molecule has 0 aliphatic rings. The third-order valence-corrected chi connectivity index (χ3v) is 4.01. The second-order valence-corrected chi connectivity index (χ2v) is 6.78. The van der Waals surface area contributed by atoms with Crippen LogP contribution in [0.3, 0.4) is 0 Å². The molecule has 0 amide bonds. The van der Waals surface area contributed by atoms with E-state index in [1.807, 2.05) is 0 Å². The fourth-order valence-corrected chi connectivity index (χ4v) is 1.81. The zero-order valence-corrected chi connectivity index (χ0v) is 14.3. The van der Waals surface area contributed by atoms with E-state index in [-0.39, 0.29) is 11.1 Å². The van der Waals surface area contributed by atoms with Gasteiger partial charge in [0.05, 0.1) is 0 Å². The van der Waals surface area contributed by atoms with Crippen molar-refractivity contribution in [1.82, 2.24) is 10.6 Å². The Morgan fingerprint density at radius 2 is 1.53 bits per heavy atom. The van der Waals surface area contributed by atoms with Crippen molar-refractivity contribution in [3.8, 4) is 0 Å². The molecule has 0 aliphatic heterocycles. The number of allylic oxidation sites excluding steroid dienone is 1. The Bertz CT molecular complexity index is 254. The molecule has 0 radical (unpaired) electrons. The van der Waals surface area contributed by atoms with Crippen molar-refractivity contribution in [2.45, 2.75) is 91.3 Å². The normalized spacial score (nSPS) is 15.1. The lowest BCUT2D eigenvalue weighted by Gasteiger charge is -2.31. The summed E-state index contributed by atoms with van der Waals surface area (Å²) >= 11 is 0. The lowest BCUT2D eigenvalue weighted by Crippen LogP contribution is -2.47. The van der Waals surface area contributed by atoms with Crippen LogP contribution in [0.4, 0.5) is 0 Å². The van der Waals surface area contributed by atoms with Crippen LogP contribution in [-0.2, 0) is 0 Å². The lowest BCUT2D eigenvalue weighted by molar-refractivity contribution is 0.320. The van der Waals surface area contributed by atoms with E-state index < -0.39 is 0 Å². The molecular weight excluding hydrogens is 232 g/mol. The molecule has 0 fully saturated rings. The van der Waals surface area contributed by atoms with Gasteiger partial charge in [0.25, 0.3) is 0 Å². The molecule has 2 N–H and O–H groups in total. The van der Waals surface area contributed by atoms with Crippen molar-refractivity contribution in [2.75, 3.05) is 6.54 Å². The van der Waals surface area contributed by atoms with E-state index in [0.29, 0.717) is 6.04 Å². The van der Waals surface area contributed by atoms with Crippen LogP contribution in [0, 0.1) is 0 Å². The van der Waals surface area contributed by atoms with Crippen molar-refractivity contribution >= 4 is 0 Å². The second kappa shape index (κ2) is 8.76. The fourth-order valence-electron chi connectivity index (χ4n) is 1.81. The fraction of sp³-hybridized carbons (Fsp3) is 0.882. The first-order chi connectivity index (χ1) is 8.76. The Kier molecular flexibility index (Phi) is 8.60. The molecule has 114 valence electrons. The molecule has 2 heteroatoms. The van der Waals surface area contributed by atoms with Gasteiger partial charge in [0.1, 0.15) is 0 Å². The first-order valence-corrected chi connectivity index (χ1v) is 7.95. The first kappa shape index (κ1) is 18.7. The summed E-state index contributed by atoms with van der Waals surface area (Å²) in [7, 11) is 0. The van der Waals surface area contributed by atoms with Crippen molar-refractivity contribution in [2.24, 2.45) is 0 Å². The summed E-state index contributed by atoms with van der Waals surface area (Å²) in [5.41, 5.74) is 0.461. The van der Waals surface area contributed by atoms with Crippen molar-refractivity contribution in [3.63, 3.8) is 0 Å². The topological polar surface area (TPSA) is 24.1 Å². The molecule has 0 aromatic rings. The van der Waals surface area contributed by atoms with Crippen LogP contribution < -0.4 is 10.6 Å². The van der Waals surface area contributed by atoms with Gasteiger partial charge in [-0.2, -0.15) is 0 Å². The van der Waals surface area contributed by atoms with E-state index >= 15 is 0 Å². The van der Waals surface area contributed by atoms with Crippen LogP contribution in [0.15, 0.2) is 12.2 Å². The molecule has 0 spiro atoms. The van der Waals surface area contributed by atoms with Crippen LogP contribution in [0.25, 0.3) is 0 Å². The monoisotopic (exact) mass is 268 g/mol. The predicted octanol–water partition coefficient (Wildman–Crippen LogP) is 4.27. The standard InChI is InChI=1S/C17H36N2/c1-8-11-12-15(19-17(6,7)10-3)13-14-18-16(4,5)9-2/h11-12,15,18-19H,8-10,13-14H2,1-7H3/b12-11-. The predicted molar refractivity (Wildman–Crippen MR) is 87.7 cm³/mol. The van der Waals surface area contributed by atoms with Crippen LogP contribution in [-0.4, -0.2) is 23.7 Å². The molecule has 0 saturated heterocycles. The van der Waals surface area contributed by atoms with Crippen molar-refractivity contribution < 1.29 is 0 Å². The summed E-state index contributed by atoms with van der Waals surface area (Å²) in [4.78, 5) is 0. The van der Waals surface area contributed by atoms with Gasteiger partial charge in [0.15, 0.2) is 0 Å². The summed E-state index contributed by atoms with van der Waals surface area (Å²) in [6.45, 7) is 16.8. The Hall–Kier alpha value is -0.340. The minimum atomic E-state index is 0.211. The minimum absolute atomic E-state index is 0.211. The highest BCUT2D eigenvalue weighted by Gasteiger charge is 2.19. The van der Waals surface area contributed by atoms with E-state index in [4.69, 9.17) is 0 Å². The van der Waals surface area contributed by atoms with Gasteiger partial charge in [-0.1, -0.05) is 32.9 Å². The number of hydrogen-bond acceptors (Lipinski definition) is 2. The SMILES string of the molecule is CC/C=C\C(CCNC(C)(C)CC)NC(C)(C)CC. The molecule has 2 nitrogen and oxygen atoms in total. The zero-order chi connectivity index (χ0) is 14.9. The van der Waals surface area contributed by atoms with Gasteiger partial charge in [0.2, 0.25) is 0 Å². The van der Waals surface area contributed by atoms with E-state index in [1.165, 1.54) is 0 Å². The van der Waals surface area contributed by atoms with Gasteiger partial charge in [-0.15, -0.1) is 0 Å². The molecule has 0 aromatic carbocycles. The quantitative estimate of drug-likeness (QED) is 0.578. The molecule has 0 aliphatic carbocycles. The molecule has 0 saturated carbocycles. The molecule has 0 rings (SSSR count). The maximum absolute atomic E-state index is 3.76. The van der Waals surface area contributed by atoms with Gasteiger partial charge in [-0.05, 0) is 59.9 Å². The van der Waals surface area contributed by atoms with Crippen molar-refractivity contribution in [3.05, 3.63) is 12.2 Å². The smallest absolute Gasteiger partial charge is 0.0267 e. The molecule has 0 bridgehead atoms. The van der Waals surface area contributed by atoms with E-state index in [2.05, 4.69) is 71.3 Å². The molecule has 0 aromatic heterocycles. The number of hydrogen-bond donors (Lipinski definition) is 2. The third-order valence-electron chi connectivity index (χ3n) is 4.01. The maximum atomic E-state index is 3.76. The molecule has 19 heavy (non-hydrogen) atoms. The van der Waals surface area contributed by atoms with Crippen LogP contribution in [0.1, 0.15) is 74.1 Å². The Morgan fingerprint density at radius 1 is 0.947 bits per heavy atom. The van der Waals surface area contributed by atoms with Gasteiger partial charge in [-0.25, -0.2) is 0 Å². The average molecular weight is 268 g/mol. The minimum Gasteiger partial charge on any atom is -0.312 e. The van der Waals surface area contributed by atoms with E-state index in [9.17, 15) is 0 Å². The van der Waals surface area contributed by atoms with Crippen molar-refractivity contribution in [1.29, 1.82) is 0 Å². The molecule has 1 unspecified atom stereocenters. The summed E-state index contributed by atoms with van der Waals surface area (Å²) < 4.78 is 0.